The molecule has 2 aromatic carbocycles. The summed E-state index contributed by atoms with van der Waals surface area (Å²) in [5.41, 5.74) is 0.731. The number of carbonyl (C=O) groups is 1. The predicted octanol–water partition coefficient (Wildman–Crippen LogP) is 3.32. The van der Waals surface area contributed by atoms with Crippen LogP contribution in [0.1, 0.15) is 10.4 Å². The van der Waals surface area contributed by atoms with Crippen molar-refractivity contribution in [3.05, 3.63) is 58.1 Å². The molecule has 12 heteroatoms. The molecule has 4 rings (SSSR count). The Bertz CT molecular complexity index is 1190. The smallest absolute Gasteiger partial charge is 0.322 e. The van der Waals surface area contributed by atoms with E-state index < -0.39 is 15.9 Å². The summed E-state index contributed by atoms with van der Waals surface area (Å²) in [6.45, 7) is 1.30. The highest BCUT2D eigenvalue weighted by molar-refractivity contribution is 7.89. The second-order valence-electron chi connectivity index (χ2n) is 6.57. The summed E-state index contributed by atoms with van der Waals surface area (Å²) in [5.74, 6) is -0.402. The number of halogens is 2. The van der Waals surface area contributed by atoms with E-state index in [1.165, 1.54) is 28.6 Å². The Balaban J connectivity index is 1.46. The number of aromatic nitrogens is 2. The first-order valence-electron chi connectivity index (χ1n) is 9.12. The van der Waals surface area contributed by atoms with Gasteiger partial charge in [0.05, 0.1) is 18.1 Å². The lowest BCUT2D eigenvalue weighted by Crippen LogP contribution is -2.40. The van der Waals surface area contributed by atoms with Gasteiger partial charge >= 0.3 is 6.01 Å². The van der Waals surface area contributed by atoms with Gasteiger partial charge in [-0.05, 0) is 42.5 Å². The molecule has 31 heavy (non-hydrogen) atoms. The van der Waals surface area contributed by atoms with Gasteiger partial charge in [0.15, 0.2) is 0 Å². The molecule has 0 bridgehead atoms. The first-order valence-corrected chi connectivity index (χ1v) is 11.3. The summed E-state index contributed by atoms with van der Waals surface area (Å²) >= 11 is 11.9. The first kappa shape index (κ1) is 21.7. The van der Waals surface area contributed by atoms with Crippen LogP contribution in [0.5, 0.6) is 0 Å². The number of benzene rings is 2. The van der Waals surface area contributed by atoms with Gasteiger partial charge in [-0.1, -0.05) is 28.3 Å². The van der Waals surface area contributed by atoms with E-state index in [0.717, 1.165) is 0 Å². The number of amides is 1. The zero-order valence-electron chi connectivity index (χ0n) is 15.9. The highest BCUT2D eigenvalue weighted by Gasteiger charge is 2.26. The summed E-state index contributed by atoms with van der Waals surface area (Å²) in [7, 11) is -3.64. The Labute approximate surface area is 188 Å². The van der Waals surface area contributed by atoms with Crippen LogP contribution in [0.15, 0.2) is 51.8 Å². The van der Waals surface area contributed by atoms with E-state index in [1.54, 1.807) is 18.2 Å². The van der Waals surface area contributed by atoms with Gasteiger partial charge in [0.1, 0.15) is 0 Å². The van der Waals surface area contributed by atoms with Crippen LogP contribution < -0.4 is 5.32 Å². The van der Waals surface area contributed by atoms with Crippen LogP contribution in [-0.4, -0.2) is 55.1 Å². The third-order valence-electron chi connectivity index (χ3n) is 4.48. The van der Waals surface area contributed by atoms with Gasteiger partial charge < -0.3 is 9.15 Å². The third kappa shape index (κ3) is 4.89. The SMILES string of the molecule is O=C(Nc1nnc(-c2cc(Cl)cc(Cl)c2)o1)c1ccc(S(=O)(=O)N2CCOCC2)cc1. The summed E-state index contributed by atoms with van der Waals surface area (Å²) in [6, 6.07) is 10.2. The average molecular weight is 483 g/mol. The topological polar surface area (TPSA) is 115 Å². The lowest BCUT2D eigenvalue weighted by Gasteiger charge is -2.26. The average Bonchev–Trinajstić information content (AvgIpc) is 3.22. The summed E-state index contributed by atoms with van der Waals surface area (Å²) in [5, 5.41) is 10.9. The summed E-state index contributed by atoms with van der Waals surface area (Å²) in [6.07, 6.45) is 0. The lowest BCUT2D eigenvalue weighted by atomic mass is 10.2. The standard InChI is InChI=1S/C19H16Cl2N4O5S/c20-14-9-13(10-15(21)11-14)18-23-24-19(30-18)22-17(26)12-1-3-16(4-2-12)31(27,28)25-5-7-29-8-6-25/h1-4,9-11H,5-8H2,(H,22,24,26). The van der Waals surface area contributed by atoms with E-state index in [1.807, 2.05) is 0 Å². The molecule has 1 amide bonds. The molecule has 2 heterocycles. The third-order valence-corrected chi connectivity index (χ3v) is 6.83. The Morgan fingerprint density at radius 3 is 2.29 bits per heavy atom. The fourth-order valence-electron chi connectivity index (χ4n) is 2.95. The molecule has 1 N–H and O–H groups in total. The van der Waals surface area contributed by atoms with E-state index in [4.69, 9.17) is 32.4 Å². The van der Waals surface area contributed by atoms with Gasteiger partial charge in [0.2, 0.25) is 15.9 Å². The molecule has 162 valence electrons. The van der Waals surface area contributed by atoms with Gasteiger partial charge in [-0.25, -0.2) is 8.42 Å². The van der Waals surface area contributed by atoms with E-state index in [2.05, 4.69) is 15.5 Å². The number of hydrogen-bond acceptors (Lipinski definition) is 7. The van der Waals surface area contributed by atoms with Crippen LogP contribution in [0, 0.1) is 0 Å². The van der Waals surface area contributed by atoms with Crippen molar-refractivity contribution >= 4 is 45.1 Å². The number of morpholine rings is 1. The van der Waals surface area contributed by atoms with Crippen LogP contribution in [0.2, 0.25) is 10.0 Å². The summed E-state index contributed by atoms with van der Waals surface area (Å²) in [4.78, 5) is 12.6. The minimum atomic E-state index is -3.64. The molecule has 1 aliphatic rings. The number of anilines is 1. The highest BCUT2D eigenvalue weighted by atomic mass is 35.5. The van der Waals surface area contributed by atoms with Crippen molar-refractivity contribution in [3.8, 4) is 11.5 Å². The van der Waals surface area contributed by atoms with Crippen molar-refractivity contribution < 1.29 is 22.4 Å². The largest absolute Gasteiger partial charge is 0.403 e. The Morgan fingerprint density at radius 1 is 1.00 bits per heavy atom. The lowest BCUT2D eigenvalue weighted by molar-refractivity contribution is 0.0730. The Hall–Kier alpha value is -2.50. The number of carbonyl (C=O) groups excluding carboxylic acids is 1. The quantitative estimate of drug-likeness (QED) is 0.592. The fourth-order valence-corrected chi connectivity index (χ4v) is 4.89. The molecule has 0 unspecified atom stereocenters. The van der Waals surface area contributed by atoms with Crippen LogP contribution in [0.3, 0.4) is 0 Å². The molecule has 0 radical (unpaired) electrons. The normalized spacial score (nSPS) is 15.0. The number of ether oxygens (including phenoxy) is 1. The van der Waals surface area contributed by atoms with Gasteiger partial charge in [-0.15, -0.1) is 5.10 Å². The molecular formula is C19H16Cl2N4O5S. The minimum Gasteiger partial charge on any atom is -0.403 e. The maximum absolute atomic E-state index is 12.7. The molecule has 0 spiro atoms. The van der Waals surface area contributed by atoms with Crippen LogP contribution >= 0.6 is 23.2 Å². The fraction of sp³-hybridized carbons (Fsp3) is 0.211. The van der Waals surface area contributed by atoms with Crippen molar-refractivity contribution in [2.45, 2.75) is 4.90 Å². The number of hydrogen-bond donors (Lipinski definition) is 1. The molecule has 0 atom stereocenters. The molecule has 1 saturated heterocycles. The van der Waals surface area contributed by atoms with E-state index >= 15 is 0 Å². The number of nitrogens with zero attached hydrogens (tertiary/aromatic N) is 3. The van der Waals surface area contributed by atoms with Gasteiger partial charge in [-0.3, -0.25) is 10.1 Å². The maximum Gasteiger partial charge on any atom is 0.322 e. The molecule has 3 aromatic rings. The maximum atomic E-state index is 12.7. The first-order chi connectivity index (χ1) is 14.8. The second kappa shape index (κ2) is 8.93. The Morgan fingerprint density at radius 2 is 1.65 bits per heavy atom. The van der Waals surface area contributed by atoms with Crippen molar-refractivity contribution in [2.75, 3.05) is 31.6 Å². The number of sulfonamides is 1. The second-order valence-corrected chi connectivity index (χ2v) is 9.38. The van der Waals surface area contributed by atoms with Gasteiger partial charge in [0.25, 0.3) is 5.91 Å². The molecular weight excluding hydrogens is 467 g/mol. The van der Waals surface area contributed by atoms with E-state index in [-0.39, 0.29) is 22.4 Å². The van der Waals surface area contributed by atoms with E-state index in [9.17, 15) is 13.2 Å². The minimum absolute atomic E-state index is 0.101. The van der Waals surface area contributed by atoms with E-state index in [0.29, 0.717) is 41.9 Å². The summed E-state index contributed by atoms with van der Waals surface area (Å²) < 4.78 is 37.3. The molecule has 0 aliphatic carbocycles. The molecule has 1 aliphatic heterocycles. The molecule has 1 aromatic heterocycles. The molecule has 1 fully saturated rings. The van der Waals surface area contributed by atoms with Crippen molar-refractivity contribution in [2.24, 2.45) is 0 Å². The van der Waals surface area contributed by atoms with Crippen molar-refractivity contribution in [3.63, 3.8) is 0 Å². The van der Waals surface area contributed by atoms with Crippen molar-refractivity contribution in [1.82, 2.24) is 14.5 Å². The zero-order chi connectivity index (χ0) is 22.0. The van der Waals surface area contributed by atoms with Crippen LogP contribution in [0.4, 0.5) is 6.01 Å². The molecule has 9 nitrogen and oxygen atoms in total. The van der Waals surface area contributed by atoms with Crippen molar-refractivity contribution in [1.29, 1.82) is 0 Å². The molecule has 0 saturated carbocycles. The zero-order valence-corrected chi connectivity index (χ0v) is 18.2. The number of nitrogens with one attached hydrogen (secondary N) is 1. The van der Waals surface area contributed by atoms with Gasteiger partial charge in [0, 0.05) is 34.3 Å². The Kier molecular flexibility index (Phi) is 6.26. The predicted molar refractivity (Wildman–Crippen MR) is 114 cm³/mol. The van der Waals surface area contributed by atoms with Crippen LogP contribution in [-0.2, 0) is 14.8 Å². The van der Waals surface area contributed by atoms with Gasteiger partial charge in [-0.2, -0.15) is 4.31 Å². The van der Waals surface area contributed by atoms with Crippen LogP contribution in [0.25, 0.3) is 11.5 Å². The highest BCUT2D eigenvalue weighted by Crippen LogP contribution is 2.27. The monoisotopic (exact) mass is 482 g/mol. The number of rotatable bonds is 5.